The van der Waals surface area contributed by atoms with E-state index in [0.29, 0.717) is 0 Å². The predicted molar refractivity (Wildman–Crippen MR) is 37.0 cm³/mol. The van der Waals surface area contributed by atoms with Crippen molar-refractivity contribution in [2.24, 2.45) is 5.73 Å². The molecule has 2 N–H and O–H groups in total. The van der Waals surface area contributed by atoms with E-state index in [2.05, 4.69) is 10.5 Å². The topological polar surface area (TPSA) is 78.6 Å². The van der Waals surface area contributed by atoms with Crippen molar-refractivity contribution >= 4 is 11.9 Å². The van der Waals surface area contributed by atoms with E-state index < -0.39 is 6.09 Å². The molecule has 0 spiro atoms. The lowest BCUT2D eigenvalue weighted by atomic mass is 10.5. The zero-order valence-corrected chi connectivity index (χ0v) is 6.33. The van der Waals surface area contributed by atoms with Gasteiger partial charge in [-0.15, -0.1) is 0 Å². The summed E-state index contributed by atoms with van der Waals surface area (Å²) in [5.74, 6) is -0.0657. The number of nitrogens with two attached hydrogens (primary N) is 1. The molecule has 0 aromatic carbocycles. The minimum absolute atomic E-state index is 0.0438. The molecule has 0 aliphatic rings. The molecule has 0 aliphatic heterocycles. The Morgan fingerprint density at radius 3 is 2.45 bits per heavy atom. The second-order valence-electron chi connectivity index (χ2n) is 1.92. The summed E-state index contributed by atoms with van der Waals surface area (Å²) in [6.45, 7) is 1.74. The van der Waals surface area contributed by atoms with E-state index in [9.17, 15) is 9.59 Å². The number of carbonyl (C=O) groups is 2. The van der Waals surface area contributed by atoms with Crippen LogP contribution in [0.1, 0.15) is 6.92 Å². The smallest absolute Gasteiger partial charge is 0.404 e. The van der Waals surface area contributed by atoms with Crippen LogP contribution in [-0.4, -0.2) is 31.7 Å². The fourth-order valence-electron chi connectivity index (χ4n) is 0.417. The maximum absolute atomic E-state index is 10.3. The highest BCUT2D eigenvalue weighted by Gasteiger charge is 1.94. The first-order valence-electron chi connectivity index (χ1n) is 3.12. The van der Waals surface area contributed by atoms with Crippen LogP contribution in [0.15, 0.2) is 0 Å². The van der Waals surface area contributed by atoms with Crippen LogP contribution in [0, 0.1) is 0 Å². The molecule has 1 amide bonds. The molecule has 0 unspecified atom stereocenters. The molecular weight excluding hydrogens is 150 g/mol. The summed E-state index contributed by atoms with van der Waals surface area (Å²) in [5, 5.41) is 0. The number of hydrogen-bond acceptors (Lipinski definition) is 4. The standard InChI is InChI=1S/C6H11NO4/c1-5(8)4-10-2-3-11-6(7)9/h2-4H2,1H3,(H2,7,9). The molecule has 0 atom stereocenters. The van der Waals surface area contributed by atoms with Crippen LogP contribution in [-0.2, 0) is 14.3 Å². The highest BCUT2D eigenvalue weighted by atomic mass is 16.6. The molecule has 0 saturated carbocycles. The molecule has 0 heterocycles. The highest BCUT2D eigenvalue weighted by molar-refractivity contribution is 5.76. The van der Waals surface area contributed by atoms with Crippen LogP contribution in [0.3, 0.4) is 0 Å². The average molecular weight is 161 g/mol. The van der Waals surface area contributed by atoms with Gasteiger partial charge in [-0.25, -0.2) is 4.79 Å². The molecular formula is C6H11NO4. The first-order valence-corrected chi connectivity index (χ1v) is 3.12. The number of Topliss-reactive ketones (excluding diaryl/α,β-unsaturated/α-hetero) is 1. The lowest BCUT2D eigenvalue weighted by molar-refractivity contribution is -0.121. The summed E-state index contributed by atoms with van der Waals surface area (Å²) in [6, 6.07) is 0. The van der Waals surface area contributed by atoms with Gasteiger partial charge in [0, 0.05) is 0 Å². The van der Waals surface area contributed by atoms with Gasteiger partial charge < -0.3 is 15.2 Å². The first kappa shape index (κ1) is 9.90. The van der Waals surface area contributed by atoms with E-state index in [4.69, 9.17) is 4.74 Å². The van der Waals surface area contributed by atoms with Crippen molar-refractivity contribution in [2.45, 2.75) is 6.92 Å². The van der Waals surface area contributed by atoms with Gasteiger partial charge in [0.1, 0.15) is 13.2 Å². The number of amides is 1. The molecule has 0 aromatic heterocycles. The number of carbonyl (C=O) groups excluding carboxylic acids is 2. The summed E-state index contributed by atoms with van der Waals surface area (Å²) in [5.41, 5.74) is 4.65. The van der Waals surface area contributed by atoms with Crippen molar-refractivity contribution in [3.8, 4) is 0 Å². The molecule has 11 heavy (non-hydrogen) atoms. The van der Waals surface area contributed by atoms with Crippen LogP contribution in [0.5, 0.6) is 0 Å². The fraction of sp³-hybridized carbons (Fsp3) is 0.667. The zero-order valence-electron chi connectivity index (χ0n) is 6.33. The Kier molecular flexibility index (Phi) is 5.10. The Hall–Kier alpha value is -1.10. The van der Waals surface area contributed by atoms with Gasteiger partial charge in [0.15, 0.2) is 5.78 Å². The van der Waals surface area contributed by atoms with Gasteiger partial charge in [0.25, 0.3) is 0 Å². The van der Waals surface area contributed by atoms with E-state index in [0.717, 1.165) is 0 Å². The second kappa shape index (κ2) is 5.67. The van der Waals surface area contributed by atoms with Gasteiger partial charge in [-0.05, 0) is 6.92 Å². The van der Waals surface area contributed by atoms with Crippen LogP contribution in [0.4, 0.5) is 4.79 Å². The molecule has 0 rings (SSSR count). The molecule has 5 nitrogen and oxygen atoms in total. The van der Waals surface area contributed by atoms with Gasteiger partial charge >= 0.3 is 6.09 Å². The van der Waals surface area contributed by atoms with E-state index in [1.807, 2.05) is 0 Å². The minimum atomic E-state index is -0.837. The highest BCUT2D eigenvalue weighted by Crippen LogP contribution is 1.78. The molecule has 0 fully saturated rings. The maximum Gasteiger partial charge on any atom is 0.404 e. The lowest BCUT2D eigenvalue weighted by Crippen LogP contribution is -2.17. The third-order valence-corrected chi connectivity index (χ3v) is 0.777. The third kappa shape index (κ3) is 8.90. The SMILES string of the molecule is CC(=O)COCCOC(N)=O. The Labute approximate surface area is 64.5 Å². The van der Waals surface area contributed by atoms with Crippen molar-refractivity contribution in [1.29, 1.82) is 0 Å². The van der Waals surface area contributed by atoms with Crippen LogP contribution in [0.25, 0.3) is 0 Å². The lowest BCUT2D eigenvalue weighted by Gasteiger charge is -2.00. The van der Waals surface area contributed by atoms with E-state index in [-0.39, 0.29) is 25.6 Å². The third-order valence-electron chi connectivity index (χ3n) is 0.777. The summed E-state index contributed by atoms with van der Waals surface area (Å²) >= 11 is 0. The number of hydrogen-bond donors (Lipinski definition) is 1. The largest absolute Gasteiger partial charge is 0.447 e. The first-order chi connectivity index (χ1) is 5.13. The van der Waals surface area contributed by atoms with Crippen molar-refractivity contribution in [3.05, 3.63) is 0 Å². The summed E-state index contributed by atoms with van der Waals surface area (Å²) in [4.78, 5) is 20.3. The van der Waals surface area contributed by atoms with Gasteiger partial charge in [-0.2, -0.15) is 0 Å². The zero-order chi connectivity index (χ0) is 8.69. The monoisotopic (exact) mass is 161 g/mol. The van der Waals surface area contributed by atoms with Crippen LogP contribution < -0.4 is 5.73 Å². The molecule has 64 valence electrons. The summed E-state index contributed by atoms with van der Waals surface area (Å²) in [6.07, 6.45) is -0.837. The molecule has 0 saturated heterocycles. The van der Waals surface area contributed by atoms with E-state index in [1.54, 1.807) is 0 Å². The number of ketones is 1. The Bertz CT molecular complexity index is 130. The fourth-order valence-corrected chi connectivity index (χ4v) is 0.417. The van der Waals surface area contributed by atoms with Crippen molar-refractivity contribution in [2.75, 3.05) is 19.8 Å². The average Bonchev–Trinajstić information content (AvgIpc) is 1.85. The molecule has 5 heteroatoms. The number of ether oxygens (including phenoxy) is 2. The minimum Gasteiger partial charge on any atom is -0.447 e. The Balaban J connectivity index is 3.03. The van der Waals surface area contributed by atoms with Crippen LogP contribution in [0.2, 0.25) is 0 Å². The molecule has 0 aromatic rings. The van der Waals surface area contributed by atoms with Gasteiger partial charge in [-0.3, -0.25) is 4.79 Å². The van der Waals surface area contributed by atoms with Gasteiger partial charge in [0.2, 0.25) is 0 Å². The van der Waals surface area contributed by atoms with Crippen molar-refractivity contribution in [1.82, 2.24) is 0 Å². The Morgan fingerprint density at radius 1 is 1.36 bits per heavy atom. The Morgan fingerprint density at radius 2 is 2.00 bits per heavy atom. The quantitative estimate of drug-likeness (QED) is 0.561. The van der Waals surface area contributed by atoms with Crippen LogP contribution >= 0.6 is 0 Å². The maximum atomic E-state index is 10.3. The molecule has 0 radical (unpaired) electrons. The molecule has 0 aliphatic carbocycles. The van der Waals surface area contributed by atoms with Gasteiger partial charge in [-0.1, -0.05) is 0 Å². The van der Waals surface area contributed by atoms with Crippen molar-refractivity contribution in [3.63, 3.8) is 0 Å². The van der Waals surface area contributed by atoms with Gasteiger partial charge in [0.05, 0.1) is 6.61 Å². The van der Waals surface area contributed by atoms with E-state index in [1.165, 1.54) is 6.92 Å². The number of rotatable bonds is 5. The second-order valence-corrected chi connectivity index (χ2v) is 1.92. The van der Waals surface area contributed by atoms with Crippen molar-refractivity contribution < 1.29 is 19.1 Å². The normalized spacial score (nSPS) is 9.18. The number of primary amides is 1. The van der Waals surface area contributed by atoms with E-state index >= 15 is 0 Å². The summed E-state index contributed by atoms with van der Waals surface area (Å²) < 4.78 is 9.09. The predicted octanol–water partition coefficient (Wildman–Crippen LogP) is -0.313. The molecule has 0 bridgehead atoms. The summed E-state index contributed by atoms with van der Waals surface area (Å²) in [7, 11) is 0.